The van der Waals surface area contributed by atoms with E-state index in [1.807, 2.05) is 0 Å². The number of hydrogen-bond acceptors (Lipinski definition) is 1. The van der Waals surface area contributed by atoms with Crippen molar-refractivity contribution in [3.05, 3.63) is 180 Å². The standard InChI is InChI=1S/C56H46N2O/c1-33(2)41-17-11-13-35(5)55(41)37-21-25-51-45(29-37)43-15-7-9-19-49(43)57(51)39-23-27-53-47(31-39)48-32-40(24-28-54(48)59-53)58-50-20-10-8-16-44(50)46-30-38(22-26-52(46)58)56-36(6)14-12-18-42(56)34(3)4/h7-34H,1-6H3. The van der Waals surface area contributed by atoms with Gasteiger partial charge in [-0.2, -0.15) is 0 Å². The van der Waals surface area contributed by atoms with E-state index >= 15 is 0 Å². The molecule has 0 radical (unpaired) electrons. The molecule has 0 aliphatic carbocycles. The molecule has 11 aromatic rings. The zero-order chi connectivity index (χ0) is 40.1. The number of nitrogens with zero attached hydrogens (tertiary/aromatic N) is 2. The normalized spacial score (nSPS) is 12.2. The second-order valence-corrected chi connectivity index (χ2v) is 17.0. The molecule has 0 saturated carbocycles. The number of hydrogen-bond donors (Lipinski definition) is 0. The van der Waals surface area contributed by atoms with Crippen LogP contribution in [-0.4, -0.2) is 9.13 Å². The van der Waals surface area contributed by atoms with E-state index < -0.39 is 0 Å². The first-order valence-electron chi connectivity index (χ1n) is 21.0. The van der Waals surface area contributed by atoms with E-state index in [9.17, 15) is 0 Å². The summed E-state index contributed by atoms with van der Waals surface area (Å²) in [4.78, 5) is 0. The third-order valence-electron chi connectivity index (χ3n) is 12.7. The van der Waals surface area contributed by atoms with Gasteiger partial charge in [0.2, 0.25) is 0 Å². The van der Waals surface area contributed by atoms with Gasteiger partial charge in [0.05, 0.1) is 22.1 Å². The Bertz CT molecular complexity index is 3250. The highest BCUT2D eigenvalue weighted by Crippen LogP contribution is 2.42. The van der Waals surface area contributed by atoms with Crippen LogP contribution in [0.15, 0.2) is 162 Å². The third-order valence-corrected chi connectivity index (χ3v) is 12.7. The minimum Gasteiger partial charge on any atom is -0.456 e. The van der Waals surface area contributed by atoms with Gasteiger partial charge in [-0.15, -0.1) is 0 Å². The summed E-state index contributed by atoms with van der Waals surface area (Å²) in [6.07, 6.45) is 0. The molecule has 3 aromatic heterocycles. The van der Waals surface area contributed by atoms with Crippen LogP contribution in [0.5, 0.6) is 0 Å². The lowest BCUT2D eigenvalue weighted by Gasteiger charge is -2.16. The van der Waals surface area contributed by atoms with Gasteiger partial charge in [0.1, 0.15) is 11.2 Å². The monoisotopic (exact) mass is 762 g/mol. The minimum absolute atomic E-state index is 0.434. The number of aromatic nitrogens is 2. The van der Waals surface area contributed by atoms with Crippen molar-refractivity contribution < 1.29 is 4.42 Å². The largest absolute Gasteiger partial charge is 0.456 e. The van der Waals surface area contributed by atoms with Crippen molar-refractivity contribution in [3.63, 3.8) is 0 Å². The summed E-state index contributed by atoms with van der Waals surface area (Å²) >= 11 is 0. The van der Waals surface area contributed by atoms with Crippen LogP contribution >= 0.6 is 0 Å². The maximum Gasteiger partial charge on any atom is 0.135 e. The first-order chi connectivity index (χ1) is 28.7. The smallest absolute Gasteiger partial charge is 0.135 e. The molecule has 3 heteroatoms. The Morgan fingerprint density at radius 3 is 1.24 bits per heavy atom. The molecule has 0 fully saturated rings. The predicted octanol–water partition coefficient (Wildman–Crippen LogP) is 16.0. The van der Waals surface area contributed by atoms with Crippen LogP contribution in [0.2, 0.25) is 0 Å². The molecule has 0 atom stereocenters. The van der Waals surface area contributed by atoms with E-state index in [0.29, 0.717) is 11.8 Å². The molecule has 0 unspecified atom stereocenters. The molecule has 0 aliphatic rings. The van der Waals surface area contributed by atoms with Gasteiger partial charge >= 0.3 is 0 Å². The number of aryl methyl sites for hydroxylation is 2. The molecule has 0 saturated heterocycles. The van der Waals surface area contributed by atoms with Crippen LogP contribution < -0.4 is 0 Å². The molecule has 11 rings (SSSR count). The van der Waals surface area contributed by atoms with E-state index in [1.165, 1.54) is 88.1 Å². The van der Waals surface area contributed by atoms with Crippen LogP contribution in [0.3, 0.4) is 0 Å². The zero-order valence-corrected chi connectivity index (χ0v) is 34.5. The summed E-state index contributed by atoms with van der Waals surface area (Å²) in [7, 11) is 0. The van der Waals surface area contributed by atoms with Crippen molar-refractivity contribution in [2.24, 2.45) is 0 Å². The number of benzene rings is 8. The van der Waals surface area contributed by atoms with Crippen LogP contribution in [0.4, 0.5) is 0 Å². The van der Waals surface area contributed by atoms with Gasteiger partial charge in [-0.05, 0) is 143 Å². The second kappa shape index (κ2) is 13.4. The lowest BCUT2D eigenvalue weighted by molar-refractivity contribution is 0.669. The summed E-state index contributed by atoms with van der Waals surface area (Å²) in [5, 5.41) is 7.22. The van der Waals surface area contributed by atoms with Crippen LogP contribution in [0, 0.1) is 13.8 Å². The van der Waals surface area contributed by atoms with Gasteiger partial charge in [0.25, 0.3) is 0 Å². The number of rotatable bonds is 6. The highest BCUT2D eigenvalue weighted by atomic mass is 16.3. The van der Waals surface area contributed by atoms with E-state index in [4.69, 9.17) is 4.42 Å². The van der Waals surface area contributed by atoms with Crippen LogP contribution in [0.25, 0.3) is 99.2 Å². The molecule has 8 aromatic carbocycles. The van der Waals surface area contributed by atoms with Crippen LogP contribution in [0.1, 0.15) is 61.8 Å². The van der Waals surface area contributed by atoms with Gasteiger partial charge in [-0.3, -0.25) is 0 Å². The molecule has 0 aliphatic heterocycles. The molecule has 0 N–H and O–H groups in total. The van der Waals surface area contributed by atoms with Gasteiger partial charge < -0.3 is 13.6 Å². The first kappa shape index (κ1) is 35.3. The fourth-order valence-corrected chi connectivity index (χ4v) is 9.98. The van der Waals surface area contributed by atoms with Crippen molar-refractivity contribution in [2.45, 2.75) is 53.4 Å². The summed E-state index contributed by atoms with van der Waals surface area (Å²) in [6, 6.07) is 58.4. The Balaban J connectivity index is 1.08. The Morgan fingerprint density at radius 2 is 0.797 bits per heavy atom. The lowest BCUT2D eigenvalue weighted by atomic mass is 9.89. The lowest BCUT2D eigenvalue weighted by Crippen LogP contribution is -1.96. The van der Waals surface area contributed by atoms with Crippen molar-refractivity contribution in [3.8, 4) is 33.6 Å². The molecule has 3 heterocycles. The second-order valence-electron chi connectivity index (χ2n) is 17.0. The average molecular weight is 763 g/mol. The van der Waals surface area contributed by atoms with E-state index in [-0.39, 0.29) is 0 Å². The SMILES string of the molecule is Cc1cccc(C(C)C)c1-c1ccc2c(c1)c1ccccc1n2-c1ccc2oc3ccc(-n4c5ccccc5c5cc(-c6c(C)cccc6C(C)C)ccc54)cc3c2c1. The molecule has 0 amide bonds. The minimum atomic E-state index is 0.434. The van der Waals surface area contributed by atoms with E-state index in [2.05, 4.69) is 208 Å². The first-order valence-corrected chi connectivity index (χ1v) is 21.0. The fraction of sp³-hybridized carbons (Fsp3) is 0.143. The van der Waals surface area contributed by atoms with Crippen LogP contribution in [-0.2, 0) is 0 Å². The molecule has 286 valence electrons. The number of furan rings is 1. The number of para-hydroxylation sites is 2. The zero-order valence-electron chi connectivity index (χ0n) is 34.5. The summed E-state index contributed by atoms with van der Waals surface area (Å²) in [5.74, 6) is 0.868. The predicted molar refractivity (Wildman–Crippen MR) is 251 cm³/mol. The molecule has 0 spiro atoms. The average Bonchev–Trinajstić information content (AvgIpc) is 3.90. The topological polar surface area (TPSA) is 23.0 Å². The van der Waals surface area contributed by atoms with Crippen molar-refractivity contribution in [1.29, 1.82) is 0 Å². The molecule has 59 heavy (non-hydrogen) atoms. The Kier molecular flexibility index (Phi) is 8.00. The quantitative estimate of drug-likeness (QED) is 0.165. The van der Waals surface area contributed by atoms with Crippen molar-refractivity contribution in [2.75, 3.05) is 0 Å². The van der Waals surface area contributed by atoms with Crippen molar-refractivity contribution >= 4 is 65.6 Å². The van der Waals surface area contributed by atoms with Gasteiger partial charge in [0, 0.05) is 43.7 Å². The van der Waals surface area contributed by atoms with E-state index in [1.54, 1.807) is 0 Å². The summed E-state index contributed by atoms with van der Waals surface area (Å²) < 4.78 is 11.4. The molecule has 3 nitrogen and oxygen atoms in total. The third kappa shape index (κ3) is 5.41. The maximum atomic E-state index is 6.54. The number of fused-ring (bicyclic) bond motifs is 9. The fourth-order valence-electron chi connectivity index (χ4n) is 9.98. The highest BCUT2D eigenvalue weighted by molar-refractivity contribution is 6.13. The molecule has 0 bridgehead atoms. The summed E-state index contributed by atoms with van der Waals surface area (Å²) in [6.45, 7) is 13.6. The van der Waals surface area contributed by atoms with E-state index in [0.717, 1.165) is 33.3 Å². The van der Waals surface area contributed by atoms with Crippen molar-refractivity contribution in [1.82, 2.24) is 9.13 Å². The van der Waals surface area contributed by atoms with Gasteiger partial charge in [0.15, 0.2) is 0 Å². The highest BCUT2D eigenvalue weighted by Gasteiger charge is 2.20. The van der Waals surface area contributed by atoms with Gasteiger partial charge in [-0.25, -0.2) is 0 Å². The Labute approximate surface area is 344 Å². The van der Waals surface area contributed by atoms with Gasteiger partial charge in [-0.1, -0.05) is 113 Å². The molecular weight excluding hydrogens is 717 g/mol. The Morgan fingerprint density at radius 1 is 0.373 bits per heavy atom. The maximum absolute atomic E-state index is 6.54. The summed E-state index contributed by atoms with van der Waals surface area (Å²) in [5.41, 5.74) is 19.4. The molecular formula is C56H46N2O. The Hall–Kier alpha value is -6.84.